The van der Waals surface area contributed by atoms with Crippen molar-refractivity contribution in [1.29, 1.82) is 0 Å². The van der Waals surface area contributed by atoms with Crippen LogP contribution in [0.15, 0.2) is 30.3 Å². The molecule has 16 heavy (non-hydrogen) atoms. The minimum Gasteiger partial charge on any atom is -0.394 e. The molecule has 0 heterocycles. The Bertz CT molecular complexity index is 259. The summed E-state index contributed by atoms with van der Waals surface area (Å²) in [4.78, 5) is 0. The Balaban J connectivity index is 2.04. The third kappa shape index (κ3) is 5.23. The second-order valence-corrected chi connectivity index (χ2v) is 3.40. The van der Waals surface area contributed by atoms with Crippen LogP contribution in [0.5, 0.6) is 0 Å². The first kappa shape index (κ1) is 13.1. The Morgan fingerprint density at radius 3 is 2.31 bits per heavy atom. The van der Waals surface area contributed by atoms with Crippen LogP contribution in [0.3, 0.4) is 0 Å². The highest BCUT2D eigenvalue weighted by Crippen LogP contribution is 2.00. The van der Waals surface area contributed by atoms with E-state index in [1.165, 1.54) is 0 Å². The van der Waals surface area contributed by atoms with Crippen LogP contribution in [0.4, 0.5) is 0 Å². The monoisotopic (exact) mass is 226 g/mol. The van der Waals surface area contributed by atoms with Crippen molar-refractivity contribution in [3.05, 3.63) is 35.9 Å². The zero-order chi connectivity index (χ0) is 11.6. The number of benzene rings is 1. The third-order valence-electron chi connectivity index (χ3n) is 2.10. The molecule has 0 aliphatic carbocycles. The van der Waals surface area contributed by atoms with Crippen LogP contribution < -0.4 is 0 Å². The van der Waals surface area contributed by atoms with Crippen LogP contribution >= 0.6 is 0 Å². The van der Waals surface area contributed by atoms with Crippen molar-refractivity contribution >= 4 is 0 Å². The van der Waals surface area contributed by atoms with Gasteiger partial charge in [0.05, 0.1) is 33.0 Å². The van der Waals surface area contributed by atoms with Crippen LogP contribution in [0, 0.1) is 0 Å². The van der Waals surface area contributed by atoms with Gasteiger partial charge in [0.25, 0.3) is 0 Å². The van der Waals surface area contributed by atoms with Gasteiger partial charge in [-0.3, -0.25) is 0 Å². The largest absolute Gasteiger partial charge is 0.394 e. The first-order valence-electron chi connectivity index (χ1n) is 5.31. The maximum Gasteiger partial charge on any atom is 0.104 e. The molecule has 1 aromatic carbocycles. The number of hydrogen-bond acceptors (Lipinski definition) is 4. The van der Waals surface area contributed by atoms with Crippen LogP contribution in [0.25, 0.3) is 0 Å². The molecule has 0 radical (unpaired) electrons. The molecule has 0 atom stereocenters. The summed E-state index contributed by atoms with van der Waals surface area (Å²) >= 11 is 0. The topological polar surface area (TPSA) is 58.9 Å². The molecule has 4 nitrogen and oxygen atoms in total. The first-order valence-corrected chi connectivity index (χ1v) is 5.31. The van der Waals surface area contributed by atoms with Gasteiger partial charge >= 0.3 is 0 Å². The number of ether oxygens (including phenoxy) is 2. The average molecular weight is 226 g/mol. The van der Waals surface area contributed by atoms with Crippen molar-refractivity contribution in [3.8, 4) is 0 Å². The molecule has 1 aromatic rings. The number of aliphatic hydroxyl groups excluding tert-OH is 2. The minimum atomic E-state index is -0.500. The zero-order valence-corrected chi connectivity index (χ0v) is 9.21. The molecule has 1 rings (SSSR count). The standard InChI is InChI=1S/C12H18O4/c13-8-12(9-14)16-7-6-15-10-11-4-2-1-3-5-11/h1-5,12-14H,6-10H2. The molecule has 0 unspecified atom stereocenters. The van der Waals surface area contributed by atoms with Gasteiger partial charge in [-0.05, 0) is 5.56 Å². The first-order chi connectivity index (χ1) is 7.86. The summed E-state index contributed by atoms with van der Waals surface area (Å²) in [6.07, 6.45) is -0.500. The van der Waals surface area contributed by atoms with Crippen molar-refractivity contribution in [2.45, 2.75) is 12.7 Å². The highest BCUT2D eigenvalue weighted by molar-refractivity contribution is 5.13. The maximum atomic E-state index is 8.73. The lowest BCUT2D eigenvalue weighted by molar-refractivity contribution is -0.0442. The molecular formula is C12H18O4. The highest BCUT2D eigenvalue weighted by Gasteiger charge is 2.04. The van der Waals surface area contributed by atoms with E-state index in [0.717, 1.165) is 5.56 Å². The lowest BCUT2D eigenvalue weighted by Crippen LogP contribution is -2.23. The molecule has 0 saturated carbocycles. The molecule has 0 saturated heterocycles. The Morgan fingerprint density at radius 2 is 1.69 bits per heavy atom. The van der Waals surface area contributed by atoms with Crippen LogP contribution in [0.1, 0.15) is 5.56 Å². The predicted octanol–water partition coefficient (Wildman–Crippen LogP) is 0.573. The summed E-state index contributed by atoms with van der Waals surface area (Å²) < 4.78 is 10.5. The molecule has 0 spiro atoms. The van der Waals surface area contributed by atoms with Gasteiger partial charge < -0.3 is 19.7 Å². The van der Waals surface area contributed by atoms with Crippen molar-refractivity contribution in [1.82, 2.24) is 0 Å². The van der Waals surface area contributed by atoms with Crippen molar-refractivity contribution < 1.29 is 19.7 Å². The molecule has 0 aliphatic rings. The smallest absolute Gasteiger partial charge is 0.104 e. The minimum absolute atomic E-state index is 0.171. The average Bonchev–Trinajstić information content (AvgIpc) is 2.35. The van der Waals surface area contributed by atoms with Gasteiger partial charge in [0.1, 0.15) is 6.10 Å². The summed E-state index contributed by atoms with van der Waals surface area (Å²) in [6.45, 7) is 1.03. The van der Waals surface area contributed by atoms with E-state index in [0.29, 0.717) is 19.8 Å². The second-order valence-electron chi connectivity index (χ2n) is 3.40. The zero-order valence-electron chi connectivity index (χ0n) is 9.21. The predicted molar refractivity (Wildman–Crippen MR) is 60.0 cm³/mol. The highest BCUT2D eigenvalue weighted by atomic mass is 16.5. The van der Waals surface area contributed by atoms with Gasteiger partial charge in [-0.15, -0.1) is 0 Å². The van der Waals surface area contributed by atoms with E-state index in [-0.39, 0.29) is 13.2 Å². The summed E-state index contributed by atoms with van der Waals surface area (Å²) in [5, 5.41) is 17.5. The third-order valence-corrected chi connectivity index (χ3v) is 2.10. The van der Waals surface area contributed by atoms with E-state index in [4.69, 9.17) is 19.7 Å². The fourth-order valence-corrected chi connectivity index (χ4v) is 1.20. The van der Waals surface area contributed by atoms with E-state index in [9.17, 15) is 0 Å². The molecule has 0 amide bonds. The van der Waals surface area contributed by atoms with Crippen molar-refractivity contribution in [3.63, 3.8) is 0 Å². The summed E-state index contributed by atoms with van der Waals surface area (Å²) in [5.74, 6) is 0. The Morgan fingerprint density at radius 1 is 1.00 bits per heavy atom. The second kappa shape index (κ2) is 8.24. The Labute approximate surface area is 95.4 Å². The fourth-order valence-electron chi connectivity index (χ4n) is 1.20. The molecule has 4 heteroatoms. The van der Waals surface area contributed by atoms with E-state index >= 15 is 0 Å². The number of rotatable bonds is 8. The quantitative estimate of drug-likeness (QED) is 0.636. The summed E-state index contributed by atoms with van der Waals surface area (Å²) in [7, 11) is 0. The molecule has 0 bridgehead atoms. The summed E-state index contributed by atoms with van der Waals surface area (Å²) in [6, 6.07) is 9.86. The van der Waals surface area contributed by atoms with E-state index < -0.39 is 6.10 Å². The van der Waals surface area contributed by atoms with E-state index in [1.54, 1.807) is 0 Å². The molecule has 0 fully saturated rings. The van der Waals surface area contributed by atoms with Crippen molar-refractivity contribution in [2.75, 3.05) is 26.4 Å². The van der Waals surface area contributed by atoms with Gasteiger partial charge in [0.15, 0.2) is 0 Å². The molecule has 90 valence electrons. The van der Waals surface area contributed by atoms with E-state index in [2.05, 4.69) is 0 Å². The van der Waals surface area contributed by atoms with Crippen LogP contribution in [0.2, 0.25) is 0 Å². The molecular weight excluding hydrogens is 208 g/mol. The molecule has 0 aliphatic heterocycles. The lowest BCUT2D eigenvalue weighted by Gasteiger charge is -2.12. The van der Waals surface area contributed by atoms with Crippen LogP contribution in [-0.4, -0.2) is 42.7 Å². The van der Waals surface area contributed by atoms with Gasteiger partial charge in [0.2, 0.25) is 0 Å². The van der Waals surface area contributed by atoms with Crippen LogP contribution in [-0.2, 0) is 16.1 Å². The van der Waals surface area contributed by atoms with E-state index in [1.807, 2.05) is 30.3 Å². The van der Waals surface area contributed by atoms with Gasteiger partial charge in [0, 0.05) is 0 Å². The Kier molecular flexibility index (Phi) is 6.76. The number of hydrogen-bond donors (Lipinski definition) is 2. The normalized spacial score (nSPS) is 10.9. The lowest BCUT2D eigenvalue weighted by atomic mass is 10.2. The SMILES string of the molecule is OCC(CO)OCCOCc1ccccc1. The van der Waals surface area contributed by atoms with Gasteiger partial charge in [-0.1, -0.05) is 30.3 Å². The molecule has 0 aromatic heterocycles. The fraction of sp³-hybridized carbons (Fsp3) is 0.500. The Hall–Kier alpha value is -0.940. The van der Waals surface area contributed by atoms with Gasteiger partial charge in [-0.25, -0.2) is 0 Å². The van der Waals surface area contributed by atoms with Gasteiger partial charge in [-0.2, -0.15) is 0 Å². The summed E-state index contributed by atoms with van der Waals surface area (Å²) in [5.41, 5.74) is 1.11. The van der Waals surface area contributed by atoms with Crippen molar-refractivity contribution in [2.24, 2.45) is 0 Å². The molecule has 2 N–H and O–H groups in total. The maximum absolute atomic E-state index is 8.73. The number of aliphatic hydroxyl groups is 2.